The first-order chi connectivity index (χ1) is 15.2. The van der Waals surface area contributed by atoms with E-state index in [9.17, 15) is 17.6 Å². The van der Waals surface area contributed by atoms with Gasteiger partial charge in [-0.05, 0) is 23.8 Å². The Bertz CT molecular complexity index is 1190. The van der Waals surface area contributed by atoms with Crippen LogP contribution in [0.3, 0.4) is 0 Å². The summed E-state index contributed by atoms with van der Waals surface area (Å²) in [5, 5.41) is 0.416. The summed E-state index contributed by atoms with van der Waals surface area (Å²) in [7, 11) is -0.270. The fraction of sp³-hybridized carbons (Fsp3) is 0.333. The van der Waals surface area contributed by atoms with Crippen molar-refractivity contribution in [3.05, 3.63) is 52.8 Å². The number of nitrogens with zero attached hydrogens (tertiary/aromatic N) is 2. The number of carbonyl (C=O) groups is 1. The average Bonchev–Trinajstić information content (AvgIpc) is 3.20. The Morgan fingerprint density at radius 2 is 1.88 bits per heavy atom. The number of ether oxygens (including phenoxy) is 2. The number of hydrogen-bond donors (Lipinski definition) is 0. The van der Waals surface area contributed by atoms with Gasteiger partial charge in [-0.3, -0.25) is 4.79 Å². The van der Waals surface area contributed by atoms with E-state index >= 15 is 0 Å². The number of anilines is 1. The van der Waals surface area contributed by atoms with E-state index < -0.39 is 21.8 Å². The number of fused-ring (bicyclic) bond motifs is 1. The topological polar surface area (TPSA) is 85.3 Å². The highest BCUT2D eigenvalue weighted by molar-refractivity contribution is 8.16. The first-order valence-electron chi connectivity index (χ1n) is 9.64. The lowest BCUT2D eigenvalue weighted by molar-refractivity contribution is -0.117. The van der Waals surface area contributed by atoms with Crippen molar-refractivity contribution in [3.63, 3.8) is 0 Å². The maximum atomic E-state index is 13.1. The van der Waals surface area contributed by atoms with Gasteiger partial charge in [-0.1, -0.05) is 35.5 Å². The molecule has 11 heteroatoms. The van der Waals surface area contributed by atoms with Crippen LogP contribution in [0.2, 0.25) is 5.02 Å². The van der Waals surface area contributed by atoms with E-state index in [-0.39, 0.29) is 29.0 Å². The van der Waals surface area contributed by atoms with Gasteiger partial charge < -0.3 is 14.4 Å². The third-order valence-corrected chi connectivity index (χ3v) is 8.77. The Hall–Kier alpha value is -2.30. The van der Waals surface area contributed by atoms with Gasteiger partial charge in [0.05, 0.1) is 48.9 Å². The minimum atomic E-state index is -3.23. The van der Waals surface area contributed by atoms with Crippen LogP contribution in [-0.4, -0.2) is 56.5 Å². The van der Waals surface area contributed by atoms with Crippen molar-refractivity contribution in [2.75, 3.05) is 30.6 Å². The van der Waals surface area contributed by atoms with Crippen LogP contribution < -0.4 is 14.4 Å². The van der Waals surface area contributed by atoms with Crippen LogP contribution in [-0.2, 0) is 21.1 Å². The number of rotatable bonds is 5. The Kier molecular flexibility index (Phi) is 6.37. The van der Waals surface area contributed by atoms with Gasteiger partial charge in [0.2, 0.25) is 0 Å². The lowest BCUT2D eigenvalue weighted by Gasteiger charge is -2.26. The second-order valence-electron chi connectivity index (χ2n) is 7.42. The van der Waals surface area contributed by atoms with Gasteiger partial charge in [-0.25, -0.2) is 12.8 Å². The van der Waals surface area contributed by atoms with Crippen LogP contribution >= 0.6 is 23.4 Å². The van der Waals surface area contributed by atoms with Crippen LogP contribution in [0.15, 0.2) is 41.4 Å². The Labute approximate surface area is 194 Å². The highest BCUT2D eigenvalue weighted by Gasteiger charge is 2.50. The molecular weight excluding hydrogens is 479 g/mol. The van der Waals surface area contributed by atoms with Crippen molar-refractivity contribution in [2.45, 2.75) is 17.7 Å². The third kappa shape index (κ3) is 4.57. The molecule has 2 saturated heterocycles. The number of thioether (sulfide) groups is 1. The molecule has 0 aromatic heterocycles. The minimum absolute atomic E-state index is 0.00376. The molecule has 2 fully saturated rings. The molecule has 170 valence electrons. The van der Waals surface area contributed by atoms with Crippen LogP contribution in [0.25, 0.3) is 0 Å². The zero-order chi connectivity index (χ0) is 23.0. The van der Waals surface area contributed by atoms with Gasteiger partial charge in [0.25, 0.3) is 5.91 Å². The van der Waals surface area contributed by atoms with E-state index in [0.717, 1.165) is 0 Å². The minimum Gasteiger partial charge on any atom is -0.495 e. The normalized spacial score (nSPS) is 22.8. The predicted molar refractivity (Wildman–Crippen MR) is 123 cm³/mol. The van der Waals surface area contributed by atoms with Gasteiger partial charge >= 0.3 is 0 Å². The molecule has 32 heavy (non-hydrogen) atoms. The number of sulfone groups is 1. The fourth-order valence-electron chi connectivity index (χ4n) is 3.80. The molecule has 2 aromatic rings. The number of amidine groups is 1. The molecule has 0 N–H and O–H groups in total. The number of methoxy groups -OCH3 is 2. The number of benzene rings is 2. The van der Waals surface area contributed by atoms with Crippen LogP contribution in [0, 0.1) is 5.82 Å². The molecule has 2 aliphatic heterocycles. The molecule has 0 bridgehead atoms. The standard InChI is InChI=1S/C21H20ClFN2O5S2/c1-29-17-9-18(30-2)15(8-14(17)22)25-16-10-32(27,28)11-19(16)31-21(25)24-20(26)7-12-3-5-13(23)6-4-12/h3-6,8-9,16,19H,7,10-11H2,1-2H3/t16-,19+/m0/s1. The van der Waals surface area contributed by atoms with Crippen molar-refractivity contribution < 1.29 is 27.1 Å². The van der Waals surface area contributed by atoms with Crippen molar-refractivity contribution in [1.29, 1.82) is 0 Å². The Morgan fingerprint density at radius 1 is 1.19 bits per heavy atom. The van der Waals surface area contributed by atoms with Gasteiger partial charge in [0.1, 0.15) is 17.3 Å². The smallest absolute Gasteiger partial charge is 0.252 e. The lowest BCUT2D eigenvalue weighted by atomic mass is 10.1. The maximum absolute atomic E-state index is 13.1. The second kappa shape index (κ2) is 8.92. The Morgan fingerprint density at radius 3 is 2.53 bits per heavy atom. The van der Waals surface area contributed by atoms with E-state index in [0.29, 0.717) is 32.9 Å². The molecule has 2 aliphatic rings. The molecule has 2 heterocycles. The summed E-state index contributed by atoms with van der Waals surface area (Å²) < 4.78 is 48.5. The van der Waals surface area contributed by atoms with E-state index in [4.69, 9.17) is 21.1 Å². The van der Waals surface area contributed by atoms with E-state index in [1.54, 1.807) is 17.0 Å². The molecule has 2 aromatic carbocycles. The van der Waals surface area contributed by atoms with Crippen molar-refractivity contribution in [1.82, 2.24) is 0 Å². The first-order valence-corrected chi connectivity index (χ1v) is 12.7. The Balaban J connectivity index is 1.72. The van der Waals surface area contributed by atoms with Crippen LogP contribution in [0.1, 0.15) is 5.56 Å². The number of carbonyl (C=O) groups excluding carboxylic acids is 1. The number of halogens is 2. The van der Waals surface area contributed by atoms with Crippen molar-refractivity contribution in [3.8, 4) is 11.5 Å². The molecule has 0 aliphatic carbocycles. The number of amides is 1. The highest BCUT2D eigenvalue weighted by Crippen LogP contribution is 2.46. The van der Waals surface area contributed by atoms with Gasteiger partial charge in [0.15, 0.2) is 15.0 Å². The predicted octanol–water partition coefficient (Wildman–Crippen LogP) is 3.34. The zero-order valence-corrected chi connectivity index (χ0v) is 19.6. The molecule has 0 spiro atoms. The summed E-state index contributed by atoms with van der Waals surface area (Å²) in [6, 6.07) is 8.43. The van der Waals surface area contributed by atoms with E-state index in [1.807, 2.05) is 0 Å². The number of hydrogen-bond acceptors (Lipinski definition) is 6. The van der Waals surface area contributed by atoms with Crippen molar-refractivity contribution in [2.24, 2.45) is 4.99 Å². The summed E-state index contributed by atoms with van der Waals surface area (Å²) in [4.78, 5) is 18.7. The molecule has 0 saturated carbocycles. The van der Waals surface area contributed by atoms with Gasteiger partial charge in [0, 0.05) is 11.3 Å². The first kappa shape index (κ1) is 22.9. The maximum Gasteiger partial charge on any atom is 0.252 e. The monoisotopic (exact) mass is 498 g/mol. The quantitative estimate of drug-likeness (QED) is 0.625. The lowest BCUT2D eigenvalue weighted by Crippen LogP contribution is -2.38. The van der Waals surface area contributed by atoms with Crippen LogP contribution in [0.5, 0.6) is 11.5 Å². The van der Waals surface area contributed by atoms with Crippen molar-refractivity contribution >= 4 is 50.0 Å². The summed E-state index contributed by atoms with van der Waals surface area (Å²) in [5.41, 5.74) is 1.13. The van der Waals surface area contributed by atoms with Gasteiger partial charge in [-0.2, -0.15) is 4.99 Å². The van der Waals surface area contributed by atoms with Gasteiger partial charge in [-0.15, -0.1) is 0 Å². The molecule has 2 atom stereocenters. The molecule has 0 unspecified atom stereocenters. The molecule has 0 radical (unpaired) electrons. The number of aliphatic imine (C=N–C) groups is 1. The highest BCUT2D eigenvalue weighted by atomic mass is 35.5. The fourth-order valence-corrected chi connectivity index (χ4v) is 7.96. The molecule has 4 rings (SSSR count). The zero-order valence-electron chi connectivity index (χ0n) is 17.2. The summed E-state index contributed by atoms with van der Waals surface area (Å²) >= 11 is 7.59. The summed E-state index contributed by atoms with van der Waals surface area (Å²) in [6.45, 7) is 0. The third-order valence-electron chi connectivity index (χ3n) is 5.27. The second-order valence-corrected chi connectivity index (χ2v) is 11.2. The van der Waals surface area contributed by atoms with Crippen LogP contribution in [0.4, 0.5) is 10.1 Å². The largest absolute Gasteiger partial charge is 0.495 e. The van der Waals surface area contributed by atoms with E-state index in [2.05, 4.69) is 4.99 Å². The van der Waals surface area contributed by atoms with E-state index in [1.165, 1.54) is 50.2 Å². The molecular formula is C21H20ClFN2O5S2. The average molecular weight is 499 g/mol. The summed E-state index contributed by atoms with van der Waals surface area (Å²) in [5.74, 6) is -0.0668. The summed E-state index contributed by atoms with van der Waals surface area (Å²) in [6.07, 6.45) is -0.00762. The SMILES string of the molecule is COc1cc(OC)c(N2C(=NC(=O)Cc3ccc(F)cc3)S[C@@H]3CS(=O)(=O)C[C@@H]32)cc1Cl. The molecule has 7 nitrogen and oxygen atoms in total. The molecule has 1 amide bonds.